The van der Waals surface area contributed by atoms with Crippen LogP contribution in [0.1, 0.15) is 23.7 Å². The smallest absolute Gasteiger partial charge is 0.335 e. The molecule has 1 aromatic carbocycles. The number of anilines is 1. The summed E-state index contributed by atoms with van der Waals surface area (Å²) < 4.78 is 25.1. The van der Waals surface area contributed by atoms with Gasteiger partial charge >= 0.3 is 5.97 Å². The Bertz CT molecular complexity index is 660. The van der Waals surface area contributed by atoms with Crippen LogP contribution in [0.15, 0.2) is 18.2 Å². The van der Waals surface area contributed by atoms with E-state index in [1.807, 2.05) is 0 Å². The van der Waals surface area contributed by atoms with Gasteiger partial charge in [0.15, 0.2) is 0 Å². The molecule has 0 aliphatic heterocycles. The van der Waals surface area contributed by atoms with E-state index < -0.39 is 28.4 Å². The number of nitrogens with zero attached hydrogens (tertiary/aromatic N) is 1. The van der Waals surface area contributed by atoms with Crippen LogP contribution in [0.5, 0.6) is 0 Å². The lowest BCUT2D eigenvalue weighted by atomic mass is 10.2. The molecule has 116 valence electrons. The lowest BCUT2D eigenvalue weighted by Crippen LogP contribution is -2.39. The molecular weight excluding hydrogens is 320 g/mol. The molecule has 0 saturated heterocycles. The lowest BCUT2D eigenvalue weighted by molar-refractivity contribution is -0.116. The van der Waals surface area contributed by atoms with E-state index in [1.165, 1.54) is 12.1 Å². The van der Waals surface area contributed by atoms with Crippen molar-refractivity contribution < 1.29 is 23.1 Å². The zero-order valence-corrected chi connectivity index (χ0v) is 12.8. The second-order valence-corrected chi connectivity index (χ2v) is 6.74. The number of amides is 1. The normalized spacial score (nSPS) is 11.1. The fourth-order valence-corrected chi connectivity index (χ4v) is 3.42. The van der Waals surface area contributed by atoms with Crippen LogP contribution < -0.4 is 10.0 Å². The van der Waals surface area contributed by atoms with Crippen LogP contribution in [-0.4, -0.2) is 37.7 Å². The van der Waals surface area contributed by atoms with Gasteiger partial charge in [0.1, 0.15) is 6.54 Å². The molecule has 0 unspecified atom stereocenters. The van der Waals surface area contributed by atoms with Crippen LogP contribution in [0.25, 0.3) is 0 Å². The first-order valence-corrected chi connectivity index (χ1v) is 7.98. The first kappa shape index (κ1) is 17.3. The average Bonchev–Trinajstić information content (AvgIpc) is 2.34. The Balaban J connectivity index is 3.39. The van der Waals surface area contributed by atoms with E-state index in [4.69, 9.17) is 22.4 Å². The first-order chi connectivity index (χ1) is 9.67. The summed E-state index contributed by atoms with van der Waals surface area (Å²) in [5, 5.41) is 9.03. The van der Waals surface area contributed by atoms with Gasteiger partial charge in [0.2, 0.25) is 15.9 Å². The van der Waals surface area contributed by atoms with E-state index in [-0.39, 0.29) is 22.0 Å². The zero-order chi connectivity index (χ0) is 16.2. The van der Waals surface area contributed by atoms with E-state index >= 15 is 0 Å². The fourth-order valence-electron chi connectivity index (χ4n) is 1.70. The van der Waals surface area contributed by atoms with E-state index in [2.05, 4.69) is 0 Å². The second kappa shape index (κ2) is 6.77. The van der Waals surface area contributed by atoms with Crippen molar-refractivity contribution in [3.8, 4) is 0 Å². The minimum Gasteiger partial charge on any atom is -0.478 e. The predicted molar refractivity (Wildman–Crippen MR) is 79.0 cm³/mol. The van der Waals surface area contributed by atoms with Crippen molar-refractivity contribution in [1.29, 1.82) is 0 Å². The molecular formula is C12H15ClN2O5S. The van der Waals surface area contributed by atoms with Crippen molar-refractivity contribution in [2.45, 2.75) is 13.3 Å². The quantitative estimate of drug-likeness (QED) is 0.773. The Morgan fingerprint density at radius 1 is 1.33 bits per heavy atom. The maximum absolute atomic E-state index is 12.2. The maximum Gasteiger partial charge on any atom is 0.335 e. The summed E-state index contributed by atoms with van der Waals surface area (Å²) in [5.74, 6) is -2.31. The van der Waals surface area contributed by atoms with Gasteiger partial charge in [-0.25, -0.2) is 13.2 Å². The number of hydrogen-bond acceptors (Lipinski definition) is 4. The number of nitrogens with two attached hydrogens (primary N) is 1. The number of primary amides is 1. The number of carbonyl (C=O) groups excluding carboxylic acids is 1. The Labute approximate surface area is 127 Å². The molecule has 1 aromatic rings. The predicted octanol–water partition coefficient (Wildman–Crippen LogP) is 1.07. The number of rotatable bonds is 7. The van der Waals surface area contributed by atoms with Gasteiger partial charge in [-0.05, 0) is 24.6 Å². The summed E-state index contributed by atoms with van der Waals surface area (Å²) in [6, 6.07) is 3.58. The molecule has 0 fully saturated rings. The van der Waals surface area contributed by atoms with Crippen LogP contribution in [0, 0.1) is 0 Å². The third-order valence-electron chi connectivity index (χ3n) is 2.51. The molecule has 21 heavy (non-hydrogen) atoms. The largest absolute Gasteiger partial charge is 0.478 e. The molecule has 9 heteroatoms. The Hall–Kier alpha value is -1.80. The molecule has 0 aromatic heterocycles. The highest BCUT2D eigenvalue weighted by Gasteiger charge is 2.24. The Morgan fingerprint density at radius 2 is 1.95 bits per heavy atom. The summed E-state index contributed by atoms with van der Waals surface area (Å²) in [5.41, 5.74) is 4.88. The van der Waals surface area contributed by atoms with Gasteiger partial charge in [0, 0.05) is 5.02 Å². The summed E-state index contributed by atoms with van der Waals surface area (Å²) in [7, 11) is -3.80. The van der Waals surface area contributed by atoms with Crippen LogP contribution in [0.3, 0.4) is 0 Å². The van der Waals surface area contributed by atoms with E-state index in [0.717, 1.165) is 10.4 Å². The Morgan fingerprint density at radius 3 is 2.43 bits per heavy atom. The van der Waals surface area contributed by atoms with Crippen molar-refractivity contribution in [3.63, 3.8) is 0 Å². The molecule has 7 nitrogen and oxygen atoms in total. The SMILES string of the molecule is CCCS(=O)(=O)N(CC(N)=O)c1cc(Cl)cc(C(=O)O)c1. The standard InChI is InChI=1S/C12H15ClN2O5S/c1-2-3-21(19,20)15(7-11(14)16)10-5-8(12(17)18)4-9(13)6-10/h4-6H,2-3,7H2,1H3,(H2,14,16)(H,17,18). The topological polar surface area (TPSA) is 118 Å². The molecule has 0 aliphatic rings. The van der Waals surface area contributed by atoms with Crippen LogP contribution in [-0.2, 0) is 14.8 Å². The number of carbonyl (C=O) groups is 2. The van der Waals surface area contributed by atoms with Gasteiger partial charge in [0.25, 0.3) is 0 Å². The number of carboxylic acids is 1. The summed E-state index contributed by atoms with van der Waals surface area (Å²) in [4.78, 5) is 22.1. The molecule has 0 heterocycles. The van der Waals surface area contributed by atoms with Gasteiger partial charge in [-0.2, -0.15) is 0 Å². The fraction of sp³-hybridized carbons (Fsp3) is 0.333. The highest BCUT2D eigenvalue weighted by Crippen LogP contribution is 2.25. The molecule has 1 amide bonds. The minimum absolute atomic E-state index is 0.00727. The lowest BCUT2D eigenvalue weighted by Gasteiger charge is -2.23. The average molecular weight is 335 g/mol. The Kier molecular flexibility index (Phi) is 5.56. The number of halogens is 1. The maximum atomic E-state index is 12.2. The molecule has 0 bridgehead atoms. The minimum atomic E-state index is -3.80. The number of aromatic carboxylic acids is 1. The molecule has 0 atom stereocenters. The molecule has 0 spiro atoms. The third kappa shape index (κ3) is 4.61. The second-order valence-electron chi connectivity index (χ2n) is 4.29. The number of sulfonamides is 1. The van der Waals surface area contributed by atoms with Gasteiger partial charge in [-0.1, -0.05) is 18.5 Å². The monoisotopic (exact) mass is 334 g/mol. The van der Waals surface area contributed by atoms with Crippen LogP contribution in [0.2, 0.25) is 5.02 Å². The van der Waals surface area contributed by atoms with E-state index in [1.54, 1.807) is 6.92 Å². The molecule has 0 aliphatic carbocycles. The summed E-state index contributed by atoms with van der Waals surface area (Å²) in [6.45, 7) is 1.09. The molecule has 0 radical (unpaired) electrons. The highest BCUT2D eigenvalue weighted by molar-refractivity contribution is 7.92. The van der Waals surface area contributed by atoms with Crippen molar-refractivity contribution >= 4 is 39.2 Å². The third-order valence-corrected chi connectivity index (χ3v) is 4.67. The summed E-state index contributed by atoms with van der Waals surface area (Å²) in [6.07, 6.45) is 0.337. The van der Waals surface area contributed by atoms with Crippen LogP contribution in [0.4, 0.5) is 5.69 Å². The molecule has 0 saturated carbocycles. The molecule has 1 rings (SSSR count). The van der Waals surface area contributed by atoms with Crippen molar-refractivity contribution in [2.24, 2.45) is 5.73 Å². The number of benzene rings is 1. The van der Waals surface area contributed by atoms with Gasteiger partial charge in [0.05, 0.1) is 17.0 Å². The highest BCUT2D eigenvalue weighted by atomic mass is 35.5. The zero-order valence-electron chi connectivity index (χ0n) is 11.2. The van der Waals surface area contributed by atoms with Gasteiger partial charge < -0.3 is 10.8 Å². The number of hydrogen-bond donors (Lipinski definition) is 2. The van der Waals surface area contributed by atoms with Crippen molar-refractivity contribution in [3.05, 3.63) is 28.8 Å². The number of carboxylic acid groups (broad SMARTS) is 1. The van der Waals surface area contributed by atoms with Gasteiger partial charge in [-0.3, -0.25) is 9.10 Å². The van der Waals surface area contributed by atoms with E-state index in [9.17, 15) is 18.0 Å². The van der Waals surface area contributed by atoms with Gasteiger partial charge in [-0.15, -0.1) is 0 Å². The first-order valence-electron chi connectivity index (χ1n) is 6.00. The molecule has 3 N–H and O–H groups in total. The summed E-state index contributed by atoms with van der Waals surface area (Å²) >= 11 is 5.80. The van der Waals surface area contributed by atoms with Crippen molar-refractivity contribution in [2.75, 3.05) is 16.6 Å². The van der Waals surface area contributed by atoms with Crippen molar-refractivity contribution in [1.82, 2.24) is 0 Å². The van der Waals surface area contributed by atoms with Crippen LogP contribution >= 0.6 is 11.6 Å². The van der Waals surface area contributed by atoms with E-state index in [0.29, 0.717) is 6.42 Å².